The molecule has 0 aliphatic carbocycles. The van der Waals surface area contributed by atoms with E-state index in [2.05, 4.69) is 10.1 Å². The van der Waals surface area contributed by atoms with Crippen LogP contribution in [0, 0.1) is 0 Å². The molecule has 0 radical (unpaired) electrons. The van der Waals surface area contributed by atoms with Gasteiger partial charge in [-0.1, -0.05) is 0 Å². The van der Waals surface area contributed by atoms with Crippen LogP contribution in [0.25, 0.3) is 0 Å². The van der Waals surface area contributed by atoms with Gasteiger partial charge >= 0.3 is 0 Å². The first kappa shape index (κ1) is 16.1. The quantitative estimate of drug-likeness (QED) is 0.874. The predicted octanol–water partition coefficient (Wildman–Crippen LogP) is 0.794. The predicted molar refractivity (Wildman–Crippen MR) is 87.9 cm³/mol. The van der Waals surface area contributed by atoms with Crippen molar-refractivity contribution in [2.45, 2.75) is 25.6 Å². The molecule has 23 heavy (non-hydrogen) atoms. The molecule has 0 fully saturated rings. The van der Waals surface area contributed by atoms with Gasteiger partial charge in [-0.15, -0.1) is 0 Å². The van der Waals surface area contributed by atoms with E-state index >= 15 is 0 Å². The van der Waals surface area contributed by atoms with Crippen LogP contribution in [0.5, 0.6) is 0 Å². The molecule has 2 aromatic rings. The maximum absolute atomic E-state index is 12.2. The number of aromatic nitrogens is 4. The van der Waals surface area contributed by atoms with Gasteiger partial charge in [-0.2, -0.15) is 16.9 Å². The number of carbonyl (C=O) groups is 1. The van der Waals surface area contributed by atoms with E-state index in [9.17, 15) is 9.90 Å². The smallest absolute Gasteiger partial charge is 0.223 e. The average Bonchev–Trinajstić information content (AvgIpc) is 3.17. The van der Waals surface area contributed by atoms with Gasteiger partial charge in [0, 0.05) is 38.2 Å². The van der Waals surface area contributed by atoms with Gasteiger partial charge in [0.25, 0.3) is 0 Å². The van der Waals surface area contributed by atoms with E-state index < -0.39 is 6.10 Å². The van der Waals surface area contributed by atoms with E-state index in [1.807, 2.05) is 29.0 Å². The summed E-state index contributed by atoms with van der Waals surface area (Å²) in [5.74, 6) is 1.59. The molecule has 1 atom stereocenters. The molecule has 2 aromatic heterocycles. The van der Waals surface area contributed by atoms with Gasteiger partial charge in [0.2, 0.25) is 5.91 Å². The van der Waals surface area contributed by atoms with Gasteiger partial charge in [0.1, 0.15) is 5.82 Å². The lowest BCUT2D eigenvalue weighted by molar-refractivity contribution is -0.132. The number of nitrogens with zero attached hydrogens (tertiary/aromatic N) is 5. The Balaban J connectivity index is 1.74. The topological polar surface area (TPSA) is 76.2 Å². The van der Waals surface area contributed by atoms with Crippen molar-refractivity contribution in [3.05, 3.63) is 35.7 Å². The van der Waals surface area contributed by atoms with E-state index in [4.69, 9.17) is 0 Å². The summed E-state index contributed by atoms with van der Waals surface area (Å²) in [6.45, 7) is 1.88. The second-order valence-corrected chi connectivity index (χ2v) is 6.63. The number of hydrogen-bond acceptors (Lipinski definition) is 5. The third-order valence-corrected chi connectivity index (χ3v) is 4.69. The number of imidazole rings is 1. The molecular formula is C15H21N5O2S. The third kappa shape index (κ3) is 3.28. The first-order chi connectivity index (χ1) is 11.1. The van der Waals surface area contributed by atoms with Crippen LogP contribution in [0.4, 0.5) is 0 Å². The fourth-order valence-corrected chi connectivity index (χ4v) is 3.13. The van der Waals surface area contributed by atoms with Crippen molar-refractivity contribution >= 4 is 17.7 Å². The molecule has 1 aliphatic heterocycles. The molecule has 1 N–H and O–H groups in total. The Hall–Kier alpha value is -1.80. The van der Waals surface area contributed by atoms with Crippen LogP contribution in [0.15, 0.2) is 18.5 Å². The van der Waals surface area contributed by atoms with E-state index in [0.29, 0.717) is 37.6 Å². The molecule has 1 amide bonds. The maximum Gasteiger partial charge on any atom is 0.223 e. The number of aliphatic hydroxyl groups excluding tert-OH is 1. The normalized spacial score (nSPS) is 15.5. The highest BCUT2D eigenvalue weighted by molar-refractivity contribution is 7.98. The molecule has 7 nitrogen and oxygen atoms in total. The minimum Gasteiger partial charge on any atom is -0.379 e. The monoisotopic (exact) mass is 335 g/mol. The SMILES string of the molecule is CSCCC(=O)N1CCn2nc([C@H](O)c3nccn3C)cc2C1. The Kier molecular flexibility index (Phi) is 4.72. The summed E-state index contributed by atoms with van der Waals surface area (Å²) >= 11 is 1.68. The number of fused-ring (bicyclic) bond motifs is 1. The molecule has 0 saturated heterocycles. The molecule has 3 heterocycles. The number of carbonyl (C=O) groups excluding carboxylic acids is 1. The molecule has 0 bridgehead atoms. The average molecular weight is 335 g/mol. The highest BCUT2D eigenvalue weighted by Gasteiger charge is 2.25. The third-order valence-electron chi connectivity index (χ3n) is 4.07. The van der Waals surface area contributed by atoms with Crippen LogP contribution >= 0.6 is 11.8 Å². The van der Waals surface area contributed by atoms with Crippen LogP contribution in [-0.4, -0.2) is 53.8 Å². The fourth-order valence-electron chi connectivity index (χ4n) is 2.76. The van der Waals surface area contributed by atoms with Crippen LogP contribution in [0.3, 0.4) is 0 Å². The zero-order valence-electron chi connectivity index (χ0n) is 13.3. The molecule has 0 saturated carbocycles. The standard InChI is InChI=1S/C15H21N5O2S/c1-18-5-4-16-15(18)14(22)12-9-11-10-19(6-7-20(11)17-12)13(21)3-8-23-2/h4-5,9,14,22H,3,6-8,10H2,1-2H3/t14-/m0/s1. The van der Waals surface area contributed by atoms with Crippen LogP contribution < -0.4 is 0 Å². The lowest BCUT2D eigenvalue weighted by atomic mass is 10.2. The summed E-state index contributed by atoms with van der Waals surface area (Å²) in [5.41, 5.74) is 1.53. The second-order valence-electron chi connectivity index (χ2n) is 5.64. The summed E-state index contributed by atoms with van der Waals surface area (Å²) in [4.78, 5) is 18.2. The summed E-state index contributed by atoms with van der Waals surface area (Å²) in [5, 5.41) is 14.9. The minimum atomic E-state index is -0.853. The van der Waals surface area contributed by atoms with Gasteiger partial charge < -0.3 is 14.6 Å². The molecule has 124 valence electrons. The van der Waals surface area contributed by atoms with Crippen molar-refractivity contribution in [1.29, 1.82) is 0 Å². The number of aliphatic hydroxyl groups is 1. The lowest BCUT2D eigenvalue weighted by Gasteiger charge is -2.27. The summed E-state index contributed by atoms with van der Waals surface area (Å²) in [7, 11) is 1.84. The molecule has 1 aliphatic rings. The number of amides is 1. The number of rotatable bonds is 5. The lowest BCUT2D eigenvalue weighted by Crippen LogP contribution is -2.38. The maximum atomic E-state index is 12.2. The van der Waals surface area contributed by atoms with Gasteiger partial charge in [-0.25, -0.2) is 4.98 Å². The van der Waals surface area contributed by atoms with E-state index in [-0.39, 0.29) is 5.91 Å². The van der Waals surface area contributed by atoms with Crippen LogP contribution in [-0.2, 0) is 24.9 Å². The number of aryl methyl sites for hydroxylation is 1. The highest BCUT2D eigenvalue weighted by atomic mass is 32.2. The molecule has 8 heteroatoms. The van der Waals surface area contributed by atoms with Crippen molar-refractivity contribution in [3.63, 3.8) is 0 Å². The molecular weight excluding hydrogens is 314 g/mol. The van der Waals surface area contributed by atoms with Crippen LogP contribution in [0.2, 0.25) is 0 Å². The van der Waals surface area contributed by atoms with E-state index in [1.54, 1.807) is 28.7 Å². The van der Waals surface area contributed by atoms with E-state index in [1.165, 1.54) is 0 Å². The molecule has 0 spiro atoms. The second kappa shape index (κ2) is 6.76. The summed E-state index contributed by atoms with van der Waals surface area (Å²) < 4.78 is 3.65. The summed E-state index contributed by atoms with van der Waals surface area (Å²) in [6.07, 6.45) is 5.16. The van der Waals surface area contributed by atoms with Crippen molar-refractivity contribution in [1.82, 2.24) is 24.2 Å². The van der Waals surface area contributed by atoms with Crippen molar-refractivity contribution < 1.29 is 9.90 Å². The Morgan fingerprint density at radius 2 is 2.30 bits per heavy atom. The van der Waals surface area contributed by atoms with E-state index in [0.717, 1.165) is 11.4 Å². The minimum absolute atomic E-state index is 0.179. The van der Waals surface area contributed by atoms with Gasteiger partial charge in [0.05, 0.1) is 24.5 Å². The number of thioether (sulfide) groups is 1. The fraction of sp³-hybridized carbons (Fsp3) is 0.533. The van der Waals surface area contributed by atoms with Crippen molar-refractivity contribution in [2.75, 3.05) is 18.6 Å². The Morgan fingerprint density at radius 1 is 1.48 bits per heavy atom. The number of hydrogen-bond donors (Lipinski definition) is 1. The Bertz CT molecular complexity index is 696. The zero-order chi connectivity index (χ0) is 16.4. The van der Waals surface area contributed by atoms with Crippen LogP contribution in [0.1, 0.15) is 29.7 Å². The van der Waals surface area contributed by atoms with Crippen molar-refractivity contribution in [2.24, 2.45) is 7.05 Å². The first-order valence-electron chi connectivity index (χ1n) is 7.58. The zero-order valence-corrected chi connectivity index (χ0v) is 14.2. The van der Waals surface area contributed by atoms with Gasteiger partial charge in [-0.3, -0.25) is 9.48 Å². The Morgan fingerprint density at radius 3 is 3.00 bits per heavy atom. The summed E-state index contributed by atoms with van der Waals surface area (Å²) in [6, 6.07) is 1.87. The largest absolute Gasteiger partial charge is 0.379 e. The highest BCUT2D eigenvalue weighted by Crippen LogP contribution is 2.22. The van der Waals surface area contributed by atoms with Gasteiger partial charge in [-0.05, 0) is 12.3 Å². The van der Waals surface area contributed by atoms with Crippen molar-refractivity contribution in [3.8, 4) is 0 Å². The molecule has 0 unspecified atom stereocenters. The molecule has 0 aromatic carbocycles. The Labute approximate surface area is 139 Å². The molecule has 3 rings (SSSR count). The van der Waals surface area contributed by atoms with Gasteiger partial charge in [0.15, 0.2) is 6.10 Å². The first-order valence-corrected chi connectivity index (χ1v) is 8.98.